The minimum Gasteiger partial charge on any atom is -0.394 e. The Labute approximate surface area is 76.0 Å². The molecule has 5 nitrogen and oxygen atoms in total. The van der Waals surface area contributed by atoms with Crippen LogP contribution in [-0.4, -0.2) is 39.5 Å². The molecule has 1 heterocycles. The third kappa shape index (κ3) is 3.93. The second kappa shape index (κ2) is 5.58. The van der Waals surface area contributed by atoms with Gasteiger partial charge in [-0.05, 0) is 0 Å². The van der Waals surface area contributed by atoms with Gasteiger partial charge in [0.2, 0.25) is 0 Å². The first kappa shape index (κ1) is 10.0. The highest BCUT2D eigenvalue weighted by molar-refractivity contribution is 4.91. The predicted octanol–water partition coefficient (Wildman–Crippen LogP) is -0.654. The van der Waals surface area contributed by atoms with Crippen molar-refractivity contribution >= 4 is 0 Å². The first-order valence-corrected chi connectivity index (χ1v) is 3.94. The molecule has 1 aromatic rings. The van der Waals surface area contributed by atoms with E-state index in [9.17, 15) is 0 Å². The summed E-state index contributed by atoms with van der Waals surface area (Å²) in [6.45, 7) is 0.110. The molecule has 0 radical (unpaired) electrons. The van der Waals surface area contributed by atoms with Crippen molar-refractivity contribution < 1.29 is 14.9 Å². The highest BCUT2D eigenvalue weighted by Gasteiger charge is 2.01. The number of aliphatic hydroxyl groups is 2. The van der Waals surface area contributed by atoms with E-state index < -0.39 is 6.10 Å². The summed E-state index contributed by atoms with van der Waals surface area (Å²) in [6.07, 6.45) is 3.91. The lowest BCUT2D eigenvalue weighted by Crippen LogP contribution is -2.19. The topological polar surface area (TPSA) is 75.5 Å². The molecule has 13 heavy (non-hydrogen) atoms. The van der Waals surface area contributed by atoms with Gasteiger partial charge in [-0.3, -0.25) is 9.97 Å². The SMILES string of the molecule is OC[C@@H](O)COCc1cnccn1. The zero-order valence-electron chi connectivity index (χ0n) is 7.13. The molecule has 1 atom stereocenters. The number of rotatable bonds is 5. The van der Waals surface area contributed by atoms with E-state index in [0.29, 0.717) is 12.3 Å². The minimum atomic E-state index is -0.823. The van der Waals surface area contributed by atoms with Crippen LogP contribution in [0.4, 0.5) is 0 Å². The Morgan fingerprint density at radius 1 is 1.46 bits per heavy atom. The first-order valence-electron chi connectivity index (χ1n) is 3.94. The van der Waals surface area contributed by atoms with Crippen LogP contribution in [0.15, 0.2) is 18.6 Å². The summed E-state index contributed by atoms with van der Waals surface area (Å²) in [7, 11) is 0. The largest absolute Gasteiger partial charge is 0.394 e. The Balaban J connectivity index is 2.20. The fraction of sp³-hybridized carbons (Fsp3) is 0.500. The summed E-state index contributed by atoms with van der Waals surface area (Å²) >= 11 is 0. The summed E-state index contributed by atoms with van der Waals surface area (Å²) in [5.41, 5.74) is 0.702. The molecule has 0 saturated heterocycles. The molecule has 72 valence electrons. The number of hydrogen-bond donors (Lipinski definition) is 2. The zero-order valence-corrected chi connectivity index (χ0v) is 7.13. The van der Waals surface area contributed by atoms with Gasteiger partial charge in [-0.1, -0.05) is 0 Å². The molecule has 0 saturated carbocycles. The second-order valence-electron chi connectivity index (χ2n) is 2.55. The van der Waals surface area contributed by atoms with Crippen LogP contribution in [0.25, 0.3) is 0 Å². The molecule has 0 spiro atoms. The van der Waals surface area contributed by atoms with Crippen molar-refractivity contribution in [1.82, 2.24) is 9.97 Å². The van der Waals surface area contributed by atoms with Crippen molar-refractivity contribution in [3.63, 3.8) is 0 Å². The van der Waals surface area contributed by atoms with E-state index in [-0.39, 0.29) is 13.2 Å². The van der Waals surface area contributed by atoms with E-state index in [1.54, 1.807) is 18.6 Å². The van der Waals surface area contributed by atoms with Gasteiger partial charge in [0.25, 0.3) is 0 Å². The van der Waals surface area contributed by atoms with Crippen molar-refractivity contribution in [1.29, 1.82) is 0 Å². The Bertz CT molecular complexity index is 230. The summed E-state index contributed by atoms with van der Waals surface area (Å²) in [5, 5.41) is 17.4. The summed E-state index contributed by atoms with van der Waals surface area (Å²) < 4.78 is 5.06. The summed E-state index contributed by atoms with van der Waals surface area (Å²) in [4.78, 5) is 7.82. The quantitative estimate of drug-likeness (QED) is 0.635. The van der Waals surface area contributed by atoms with Crippen LogP contribution in [-0.2, 0) is 11.3 Å². The van der Waals surface area contributed by atoms with E-state index in [1.807, 2.05) is 0 Å². The number of aromatic nitrogens is 2. The van der Waals surface area contributed by atoms with E-state index in [4.69, 9.17) is 14.9 Å². The Hall–Kier alpha value is -1.04. The highest BCUT2D eigenvalue weighted by atomic mass is 16.5. The maximum Gasteiger partial charge on any atom is 0.100 e. The lowest BCUT2D eigenvalue weighted by Gasteiger charge is -2.06. The molecule has 5 heteroatoms. The Morgan fingerprint density at radius 3 is 2.92 bits per heavy atom. The van der Waals surface area contributed by atoms with Gasteiger partial charge in [0.05, 0.1) is 31.7 Å². The van der Waals surface area contributed by atoms with Crippen molar-refractivity contribution in [2.24, 2.45) is 0 Å². The second-order valence-corrected chi connectivity index (χ2v) is 2.55. The lowest BCUT2D eigenvalue weighted by atomic mass is 10.4. The van der Waals surface area contributed by atoms with Crippen LogP contribution < -0.4 is 0 Å². The molecule has 0 aliphatic rings. The molecule has 0 aromatic carbocycles. The van der Waals surface area contributed by atoms with E-state index in [2.05, 4.69) is 9.97 Å². The number of nitrogens with zero attached hydrogens (tertiary/aromatic N) is 2. The molecule has 0 aliphatic carbocycles. The molecule has 1 aromatic heterocycles. The van der Waals surface area contributed by atoms with Crippen molar-refractivity contribution in [2.45, 2.75) is 12.7 Å². The maximum absolute atomic E-state index is 8.92. The molecule has 2 N–H and O–H groups in total. The molecule has 1 rings (SSSR count). The van der Waals surface area contributed by atoms with Crippen LogP contribution in [0.1, 0.15) is 5.69 Å². The number of ether oxygens (including phenoxy) is 1. The Kier molecular flexibility index (Phi) is 4.31. The smallest absolute Gasteiger partial charge is 0.100 e. The lowest BCUT2D eigenvalue weighted by molar-refractivity contribution is -0.000896. The third-order valence-corrected chi connectivity index (χ3v) is 1.39. The molecule has 0 aliphatic heterocycles. The number of aliphatic hydroxyl groups excluding tert-OH is 2. The van der Waals surface area contributed by atoms with Crippen LogP contribution in [0.5, 0.6) is 0 Å². The maximum atomic E-state index is 8.92. The van der Waals surface area contributed by atoms with Crippen molar-refractivity contribution in [2.75, 3.05) is 13.2 Å². The van der Waals surface area contributed by atoms with Gasteiger partial charge < -0.3 is 14.9 Å². The zero-order chi connectivity index (χ0) is 9.52. The van der Waals surface area contributed by atoms with Crippen LogP contribution in [0.2, 0.25) is 0 Å². The van der Waals surface area contributed by atoms with E-state index in [1.165, 1.54) is 0 Å². The molecular formula is C8H12N2O3. The van der Waals surface area contributed by atoms with E-state index in [0.717, 1.165) is 0 Å². The molecular weight excluding hydrogens is 172 g/mol. The van der Waals surface area contributed by atoms with Crippen molar-refractivity contribution in [3.8, 4) is 0 Å². The van der Waals surface area contributed by atoms with Gasteiger partial charge in [0.1, 0.15) is 6.10 Å². The molecule has 0 bridgehead atoms. The molecule has 0 fully saturated rings. The summed E-state index contributed by atoms with van der Waals surface area (Å²) in [5.74, 6) is 0. The number of hydrogen-bond acceptors (Lipinski definition) is 5. The summed E-state index contributed by atoms with van der Waals surface area (Å²) in [6, 6.07) is 0. The van der Waals surface area contributed by atoms with Crippen LogP contribution in [0.3, 0.4) is 0 Å². The molecule has 0 unspecified atom stereocenters. The van der Waals surface area contributed by atoms with Gasteiger partial charge in [0.15, 0.2) is 0 Å². The van der Waals surface area contributed by atoms with Gasteiger partial charge in [0, 0.05) is 12.4 Å². The van der Waals surface area contributed by atoms with Gasteiger partial charge in [-0.25, -0.2) is 0 Å². The van der Waals surface area contributed by atoms with Crippen molar-refractivity contribution in [3.05, 3.63) is 24.3 Å². The first-order chi connectivity index (χ1) is 6.33. The fourth-order valence-corrected chi connectivity index (χ4v) is 0.757. The highest BCUT2D eigenvalue weighted by Crippen LogP contribution is 1.94. The van der Waals surface area contributed by atoms with E-state index >= 15 is 0 Å². The monoisotopic (exact) mass is 184 g/mol. The van der Waals surface area contributed by atoms with Crippen LogP contribution >= 0.6 is 0 Å². The normalized spacial score (nSPS) is 12.8. The minimum absolute atomic E-state index is 0.104. The van der Waals surface area contributed by atoms with Crippen LogP contribution in [0, 0.1) is 0 Å². The average Bonchev–Trinajstić information content (AvgIpc) is 2.19. The van der Waals surface area contributed by atoms with Gasteiger partial charge in [-0.15, -0.1) is 0 Å². The fourth-order valence-electron chi connectivity index (χ4n) is 0.757. The average molecular weight is 184 g/mol. The molecule has 0 amide bonds. The van der Waals surface area contributed by atoms with Gasteiger partial charge in [-0.2, -0.15) is 0 Å². The Morgan fingerprint density at radius 2 is 2.31 bits per heavy atom. The third-order valence-electron chi connectivity index (χ3n) is 1.39. The standard InChI is InChI=1S/C8H12N2O3/c11-4-8(12)6-13-5-7-3-9-1-2-10-7/h1-3,8,11-12H,4-6H2/t8-/m1/s1. The predicted molar refractivity (Wildman–Crippen MR) is 44.8 cm³/mol. The van der Waals surface area contributed by atoms with Gasteiger partial charge >= 0.3 is 0 Å².